The number of hydrogen-bond acceptors (Lipinski definition) is 4. The highest BCUT2D eigenvalue weighted by Crippen LogP contribution is 2.28. The SMILES string of the molecule is Cc1cccc2c(=O)[nH]c(CSC3CCCC(N)CC3)nc12. The van der Waals surface area contributed by atoms with Crippen molar-refractivity contribution in [2.45, 2.75) is 56.1 Å². The Kier molecular flexibility index (Phi) is 4.84. The van der Waals surface area contributed by atoms with Gasteiger partial charge in [-0.15, -0.1) is 0 Å². The van der Waals surface area contributed by atoms with Gasteiger partial charge in [-0.1, -0.05) is 18.6 Å². The van der Waals surface area contributed by atoms with Crippen LogP contribution in [0.3, 0.4) is 0 Å². The largest absolute Gasteiger partial charge is 0.328 e. The highest BCUT2D eigenvalue weighted by atomic mass is 32.2. The van der Waals surface area contributed by atoms with Crippen molar-refractivity contribution in [2.75, 3.05) is 0 Å². The van der Waals surface area contributed by atoms with Crippen LogP contribution in [-0.4, -0.2) is 21.3 Å². The molecule has 5 heteroatoms. The fourth-order valence-electron chi connectivity index (χ4n) is 3.08. The average molecular weight is 317 g/mol. The first-order chi connectivity index (χ1) is 10.6. The van der Waals surface area contributed by atoms with E-state index in [-0.39, 0.29) is 5.56 Å². The van der Waals surface area contributed by atoms with Gasteiger partial charge in [-0.05, 0) is 44.2 Å². The number of aryl methyl sites for hydroxylation is 1. The molecule has 0 amide bonds. The van der Waals surface area contributed by atoms with Crippen LogP contribution < -0.4 is 11.3 Å². The molecule has 0 bridgehead atoms. The zero-order valence-corrected chi connectivity index (χ0v) is 13.8. The van der Waals surface area contributed by atoms with E-state index >= 15 is 0 Å². The monoisotopic (exact) mass is 317 g/mol. The smallest absolute Gasteiger partial charge is 0.258 e. The van der Waals surface area contributed by atoms with Gasteiger partial charge in [0.15, 0.2) is 0 Å². The Balaban J connectivity index is 1.74. The summed E-state index contributed by atoms with van der Waals surface area (Å²) in [6, 6.07) is 6.10. The second-order valence-corrected chi connectivity index (χ2v) is 7.47. The minimum Gasteiger partial charge on any atom is -0.328 e. The van der Waals surface area contributed by atoms with Crippen molar-refractivity contribution in [1.29, 1.82) is 0 Å². The summed E-state index contributed by atoms with van der Waals surface area (Å²) in [5.74, 6) is 1.55. The fourth-order valence-corrected chi connectivity index (χ4v) is 4.25. The Bertz CT molecular complexity index is 713. The van der Waals surface area contributed by atoms with E-state index in [1.165, 1.54) is 19.3 Å². The number of aromatic amines is 1. The zero-order valence-electron chi connectivity index (χ0n) is 13.0. The lowest BCUT2D eigenvalue weighted by atomic mass is 10.1. The number of hydrogen-bond donors (Lipinski definition) is 2. The lowest BCUT2D eigenvalue weighted by Crippen LogP contribution is -2.18. The van der Waals surface area contributed by atoms with Gasteiger partial charge in [0.05, 0.1) is 16.7 Å². The normalized spacial score (nSPS) is 22.6. The second-order valence-electron chi connectivity index (χ2n) is 6.19. The van der Waals surface area contributed by atoms with E-state index in [0.29, 0.717) is 16.7 Å². The van der Waals surface area contributed by atoms with Crippen molar-refractivity contribution in [3.05, 3.63) is 39.9 Å². The third kappa shape index (κ3) is 3.52. The number of rotatable bonds is 3. The number of aromatic nitrogens is 2. The number of benzene rings is 1. The Morgan fingerprint density at radius 2 is 2.18 bits per heavy atom. The number of nitrogens with two attached hydrogens (primary N) is 1. The molecule has 1 saturated carbocycles. The summed E-state index contributed by atoms with van der Waals surface area (Å²) in [4.78, 5) is 19.8. The number of fused-ring (bicyclic) bond motifs is 1. The molecule has 4 nitrogen and oxygen atoms in total. The van der Waals surface area contributed by atoms with Crippen molar-refractivity contribution < 1.29 is 0 Å². The van der Waals surface area contributed by atoms with E-state index < -0.39 is 0 Å². The molecule has 1 aromatic carbocycles. The van der Waals surface area contributed by atoms with Crippen LogP contribution >= 0.6 is 11.8 Å². The van der Waals surface area contributed by atoms with Crippen LogP contribution in [0.2, 0.25) is 0 Å². The third-order valence-electron chi connectivity index (χ3n) is 4.40. The third-order valence-corrected chi connectivity index (χ3v) is 5.79. The molecule has 0 saturated heterocycles. The molecule has 1 aliphatic rings. The minimum atomic E-state index is -0.0350. The molecule has 0 radical (unpaired) electrons. The van der Waals surface area contributed by atoms with E-state index in [4.69, 9.17) is 5.73 Å². The predicted octanol–water partition coefficient (Wildman–Crippen LogP) is 3.12. The van der Waals surface area contributed by atoms with Crippen molar-refractivity contribution in [3.8, 4) is 0 Å². The molecule has 3 N–H and O–H groups in total. The fraction of sp³-hybridized carbons (Fsp3) is 0.529. The molecule has 0 spiro atoms. The molecule has 0 aliphatic heterocycles. The van der Waals surface area contributed by atoms with Crippen molar-refractivity contribution in [1.82, 2.24) is 9.97 Å². The topological polar surface area (TPSA) is 71.8 Å². The van der Waals surface area contributed by atoms with Crippen molar-refractivity contribution in [3.63, 3.8) is 0 Å². The van der Waals surface area contributed by atoms with Crippen molar-refractivity contribution in [2.24, 2.45) is 5.73 Å². The van der Waals surface area contributed by atoms with E-state index in [0.717, 1.165) is 35.5 Å². The minimum absolute atomic E-state index is 0.0350. The standard InChI is InChI=1S/C17H23N3OS/c1-11-4-2-7-14-16(11)19-15(20-17(14)21)10-22-13-6-3-5-12(18)8-9-13/h2,4,7,12-13H,3,5-6,8-10,18H2,1H3,(H,19,20,21). The van der Waals surface area contributed by atoms with Gasteiger partial charge in [-0.2, -0.15) is 11.8 Å². The number of thioether (sulfide) groups is 1. The number of H-pyrrole nitrogens is 1. The van der Waals surface area contributed by atoms with Gasteiger partial charge in [0, 0.05) is 11.3 Å². The van der Waals surface area contributed by atoms with Gasteiger partial charge in [0.25, 0.3) is 5.56 Å². The molecular formula is C17H23N3OS. The summed E-state index contributed by atoms with van der Waals surface area (Å²) >= 11 is 1.90. The second kappa shape index (κ2) is 6.84. The Labute approximate surface area is 134 Å². The van der Waals surface area contributed by atoms with Crippen LogP contribution in [0.15, 0.2) is 23.0 Å². The maximum Gasteiger partial charge on any atom is 0.258 e. The Morgan fingerprint density at radius 3 is 3.05 bits per heavy atom. The molecule has 1 fully saturated rings. The first-order valence-electron chi connectivity index (χ1n) is 7.99. The molecule has 1 aromatic heterocycles. The maximum absolute atomic E-state index is 12.2. The first kappa shape index (κ1) is 15.6. The number of nitrogens with zero attached hydrogens (tertiary/aromatic N) is 1. The van der Waals surface area contributed by atoms with Crippen LogP contribution in [0.1, 0.15) is 43.5 Å². The Morgan fingerprint density at radius 1 is 1.32 bits per heavy atom. The highest BCUT2D eigenvalue weighted by Gasteiger charge is 2.17. The van der Waals surface area contributed by atoms with Gasteiger partial charge >= 0.3 is 0 Å². The zero-order chi connectivity index (χ0) is 15.5. The van der Waals surface area contributed by atoms with Crippen LogP contribution in [0.5, 0.6) is 0 Å². The summed E-state index contributed by atoms with van der Waals surface area (Å²) in [6.07, 6.45) is 5.84. The van der Waals surface area contributed by atoms with Crippen molar-refractivity contribution >= 4 is 22.7 Å². The molecule has 2 atom stereocenters. The molecule has 118 valence electrons. The van der Waals surface area contributed by atoms with E-state index in [9.17, 15) is 4.79 Å². The first-order valence-corrected chi connectivity index (χ1v) is 9.04. The lowest BCUT2D eigenvalue weighted by Gasteiger charge is -2.13. The number of nitrogens with one attached hydrogen (secondary N) is 1. The van der Waals surface area contributed by atoms with E-state index in [1.54, 1.807) is 0 Å². The molecule has 1 aliphatic carbocycles. The average Bonchev–Trinajstić information content (AvgIpc) is 2.71. The van der Waals surface area contributed by atoms with Gasteiger partial charge in [0.1, 0.15) is 5.82 Å². The van der Waals surface area contributed by atoms with Gasteiger partial charge < -0.3 is 10.7 Å². The van der Waals surface area contributed by atoms with Crippen LogP contribution in [-0.2, 0) is 5.75 Å². The van der Waals surface area contributed by atoms with Gasteiger partial charge in [-0.3, -0.25) is 4.79 Å². The summed E-state index contributed by atoms with van der Waals surface area (Å²) in [5, 5.41) is 1.31. The summed E-state index contributed by atoms with van der Waals surface area (Å²) < 4.78 is 0. The van der Waals surface area contributed by atoms with Crippen LogP contribution in [0.25, 0.3) is 10.9 Å². The summed E-state index contributed by atoms with van der Waals surface area (Å²) in [5.41, 5.74) is 7.87. The van der Waals surface area contributed by atoms with E-state index in [2.05, 4.69) is 9.97 Å². The maximum atomic E-state index is 12.2. The quantitative estimate of drug-likeness (QED) is 0.853. The van der Waals surface area contributed by atoms with Gasteiger partial charge in [0.2, 0.25) is 0 Å². The van der Waals surface area contributed by atoms with Crippen LogP contribution in [0.4, 0.5) is 0 Å². The van der Waals surface area contributed by atoms with E-state index in [1.807, 2.05) is 36.9 Å². The lowest BCUT2D eigenvalue weighted by molar-refractivity contribution is 0.584. The van der Waals surface area contributed by atoms with Gasteiger partial charge in [-0.25, -0.2) is 4.98 Å². The summed E-state index contributed by atoms with van der Waals surface area (Å²) in [7, 11) is 0. The molecular weight excluding hydrogens is 294 g/mol. The number of para-hydroxylation sites is 1. The Hall–Kier alpha value is -1.33. The predicted molar refractivity (Wildman–Crippen MR) is 93.2 cm³/mol. The van der Waals surface area contributed by atoms with Crippen LogP contribution in [0, 0.1) is 6.92 Å². The molecule has 3 rings (SSSR count). The molecule has 2 unspecified atom stereocenters. The highest BCUT2D eigenvalue weighted by molar-refractivity contribution is 7.99. The molecule has 2 aromatic rings. The molecule has 1 heterocycles. The molecule has 22 heavy (non-hydrogen) atoms. The summed E-state index contributed by atoms with van der Waals surface area (Å²) in [6.45, 7) is 2.00.